The fourth-order valence-corrected chi connectivity index (χ4v) is 2.56. The van der Waals surface area contributed by atoms with Gasteiger partial charge in [-0.1, -0.05) is 45.4 Å². The van der Waals surface area contributed by atoms with E-state index >= 15 is 0 Å². The van der Waals surface area contributed by atoms with Crippen LogP contribution in [0.5, 0.6) is 0 Å². The van der Waals surface area contributed by atoms with Crippen molar-refractivity contribution in [1.82, 2.24) is 9.88 Å². The number of unbranched alkanes of at least 4 members (excludes halogenated alkanes) is 1. The third kappa shape index (κ3) is 4.57. The lowest BCUT2D eigenvalue weighted by Gasteiger charge is -2.17. The van der Waals surface area contributed by atoms with Crippen molar-refractivity contribution in [3.05, 3.63) is 53.7 Å². The van der Waals surface area contributed by atoms with Gasteiger partial charge in [0.15, 0.2) is 0 Å². The minimum atomic E-state index is 0.0186. The number of anilines is 2. The lowest BCUT2D eigenvalue weighted by Crippen LogP contribution is -2.27. The van der Waals surface area contributed by atoms with Gasteiger partial charge in [-0.05, 0) is 36.1 Å². The molecule has 0 saturated heterocycles. The molecule has 1 amide bonds. The van der Waals surface area contributed by atoms with Gasteiger partial charge in [-0.15, -0.1) is 0 Å². The van der Waals surface area contributed by atoms with Crippen LogP contribution in [0.3, 0.4) is 0 Å². The Hall–Kier alpha value is -2.36. The van der Waals surface area contributed by atoms with Crippen LogP contribution in [-0.2, 0) is 0 Å². The zero-order valence-electron chi connectivity index (χ0n) is 15.0. The third-order valence-corrected chi connectivity index (χ3v) is 4.05. The van der Waals surface area contributed by atoms with E-state index in [0.29, 0.717) is 11.5 Å². The second kappa shape index (κ2) is 8.48. The molecule has 0 aliphatic rings. The number of para-hydroxylation sites is 1. The Morgan fingerprint density at radius 1 is 1.21 bits per heavy atom. The summed E-state index contributed by atoms with van der Waals surface area (Å²) in [7, 11) is 1.84. The molecule has 0 unspecified atom stereocenters. The predicted octanol–water partition coefficient (Wildman–Crippen LogP) is 4.82. The van der Waals surface area contributed by atoms with Crippen molar-refractivity contribution in [3.8, 4) is 0 Å². The maximum absolute atomic E-state index is 12.3. The maximum Gasteiger partial charge on any atom is 0.255 e. The molecule has 4 heteroatoms. The lowest BCUT2D eigenvalue weighted by atomic mass is 10.0. The van der Waals surface area contributed by atoms with E-state index in [0.717, 1.165) is 30.9 Å². The van der Waals surface area contributed by atoms with Gasteiger partial charge in [0, 0.05) is 25.5 Å². The van der Waals surface area contributed by atoms with E-state index < -0.39 is 0 Å². The molecule has 0 spiro atoms. The second-order valence-corrected chi connectivity index (χ2v) is 6.38. The summed E-state index contributed by atoms with van der Waals surface area (Å²) in [5, 5.41) is 3.35. The minimum Gasteiger partial charge on any atom is -0.342 e. The Morgan fingerprint density at radius 2 is 1.96 bits per heavy atom. The number of nitrogens with one attached hydrogen (secondary N) is 1. The van der Waals surface area contributed by atoms with Gasteiger partial charge in [0.05, 0.1) is 5.56 Å². The lowest BCUT2D eigenvalue weighted by molar-refractivity contribution is 0.0793. The van der Waals surface area contributed by atoms with E-state index in [2.05, 4.69) is 43.2 Å². The van der Waals surface area contributed by atoms with Gasteiger partial charge < -0.3 is 10.2 Å². The SMILES string of the molecule is CCCCN(C)C(=O)c1ccc(Nc2ccccc2C(C)C)nc1. The number of carbonyl (C=O) groups excluding carboxylic acids is 1. The highest BCUT2D eigenvalue weighted by atomic mass is 16.2. The van der Waals surface area contributed by atoms with E-state index in [1.165, 1.54) is 5.56 Å². The Morgan fingerprint density at radius 3 is 2.58 bits per heavy atom. The zero-order chi connectivity index (χ0) is 17.5. The summed E-state index contributed by atoms with van der Waals surface area (Å²) in [4.78, 5) is 18.5. The van der Waals surface area contributed by atoms with Crippen LogP contribution in [-0.4, -0.2) is 29.4 Å². The normalized spacial score (nSPS) is 10.7. The molecule has 1 N–H and O–H groups in total. The number of benzene rings is 1. The number of amides is 1. The molecular formula is C20H27N3O. The second-order valence-electron chi connectivity index (χ2n) is 6.38. The molecular weight excluding hydrogens is 298 g/mol. The topological polar surface area (TPSA) is 45.2 Å². The van der Waals surface area contributed by atoms with Gasteiger partial charge in [0.2, 0.25) is 0 Å². The summed E-state index contributed by atoms with van der Waals surface area (Å²) in [6.45, 7) is 7.23. The minimum absolute atomic E-state index is 0.0186. The average Bonchev–Trinajstić information content (AvgIpc) is 2.60. The molecule has 0 radical (unpaired) electrons. The van der Waals surface area contributed by atoms with Crippen molar-refractivity contribution in [2.45, 2.75) is 39.5 Å². The summed E-state index contributed by atoms with van der Waals surface area (Å²) in [5.74, 6) is 1.20. The van der Waals surface area contributed by atoms with E-state index in [1.54, 1.807) is 11.1 Å². The number of aromatic nitrogens is 1. The average molecular weight is 325 g/mol. The number of hydrogen-bond acceptors (Lipinski definition) is 3. The van der Waals surface area contributed by atoms with Crippen molar-refractivity contribution in [3.63, 3.8) is 0 Å². The molecule has 2 aromatic rings. The molecule has 128 valence electrons. The first-order valence-corrected chi connectivity index (χ1v) is 8.60. The van der Waals surface area contributed by atoms with Crippen LogP contribution in [0.25, 0.3) is 0 Å². The highest BCUT2D eigenvalue weighted by molar-refractivity contribution is 5.94. The Bertz CT molecular complexity index is 665. The monoisotopic (exact) mass is 325 g/mol. The molecule has 2 rings (SSSR count). The zero-order valence-corrected chi connectivity index (χ0v) is 15.0. The molecule has 1 aromatic heterocycles. The van der Waals surface area contributed by atoms with E-state index in [4.69, 9.17) is 0 Å². The molecule has 1 heterocycles. The summed E-state index contributed by atoms with van der Waals surface area (Å²) in [5.41, 5.74) is 2.93. The van der Waals surface area contributed by atoms with Gasteiger partial charge in [-0.3, -0.25) is 4.79 Å². The van der Waals surface area contributed by atoms with Crippen molar-refractivity contribution in [2.24, 2.45) is 0 Å². The first kappa shape index (κ1) is 18.0. The van der Waals surface area contributed by atoms with Crippen molar-refractivity contribution < 1.29 is 4.79 Å². The van der Waals surface area contributed by atoms with Crippen LogP contribution in [0.15, 0.2) is 42.6 Å². The van der Waals surface area contributed by atoms with Crippen LogP contribution in [0.2, 0.25) is 0 Å². The molecule has 24 heavy (non-hydrogen) atoms. The van der Waals surface area contributed by atoms with Crippen LogP contribution in [0.1, 0.15) is 55.5 Å². The third-order valence-electron chi connectivity index (χ3n) is 4.05. The molecule has 0 bridgehead atoms. The Labute approximate surface area is 144 Å². The standard InChI is InChI=1S/C20H27N3O/c1-5-6-13-23(4)20(24)16-11-12-19(21-14-16)22-18-10-8-7-9-17(18)15(2)3/h7-12,14-15H,5-6,13H2,1-4H3,(H,21,22). The van der Waals surface area contributed by atoms with Crippen molar-refractivity contribution >= 4 is 17.4 Å². The number of hydrogen-bond donors (Lipinski definition) is 1. The number of rotatable bonds is 7. The number of carbonyl (C=O) groups is 1. The summed E-state index contributed by atoms with van der Waals surface area (Å²) >= 11 is 0. The largest absolute Gasteiger partial charge is 0.342 e. The Kier molecular flexibility index (Phi) is 6.36. The first-order chi connectivity index (χ1) is 11.5. The van der Waals surface area contributed by atoms with Gasteiger partial charge in [0.1, 0.15) is 5.82 Å². The summed E-state index contributed by atoms with van der Waals surface area (Å²) in [6, 6.07) is 11.9. The Balaban J connectivity index is 2.09. The molecule has 0 aliphatic heterocycles. The summed E-state index contributed by atoms with van der Waals surface area (Å²) in [6.07, 6.45) is 3.74. The number of nitrogens with zero attached hydrogens (tertiary/aromatic N) is 2. The van der Waals surface area contributed by atoms with Crippen molar-refractivity contribution in [1.29, 1.82) is 0 Å². The van der Waals surface area contributed by atoms with Gasteiger partial charge >= 0.3 is 0 Å². The summed E-state index contributed by atoms with van der Waals surface area (Å²) < 4.78 is 0. The van der Waals surface area contributed by atoms with Crippen LogP contribution in [0, 0.1) is 0 Å². The van der Waals surface area contributed by atoms with Gasteiger partial charge in [0.25, 0.3) is 5.91 Å². The van der Waals surface area contributed by atoms with Crippen LogP contribution >= 0.6 is 0 Å². The molecule has 0 fully saturated rings. The van der Waals surface area contributed by atoms with E-state index in [1.807, 2.05) is 31.3 Å². The molecule has 0 aliphatic carbocycles. The molecule has 0 atom stereocenters. The number of pyridine rings is 1. The highest BCUT2D eigenvalue weighted by Gasteiger charge is 2.12. The van der Waals surface area contributed by atoms with E-state index in [9.17, 15) is 4.79 Å². The predicted molar refractivity (Wildman–Crippen MR) is 99.9 cm³/mol. The quantitative estimate of drug-likeness (QED) is 0.793. The maximum atomic E-state index is 12.3. The molecule has 0 saturated carbocycles. The highest BCUT2D eigenvalue weighted by Crippen LogP contribution is 2.26. The van der Waals surface area contributed by atoms with Crippen LogP contribution < -0.4 is 5.32 Å². The molecule has 1 aromatic carbocycles. The van der Waals surface area contributed by atoms with E-state index in [-0.39, 0.29) is 5.91 Å². The van der Waals surface area contributed by atoms with Gasteiger partial charge in [-0.25, -0.2) is 4.98 Å². The fraction of sp³-hybridized carbons (Fsp3) is 0.400. The van der Waals surface area contributed by atoms with Gasteiger partial charge in [-0.2, -0.15) is 0 Å². The van der Waals surface area contributed by atoms with Crippen LogP contribution in [0.4, 0.5) is 11.5 Å². The smallest absolute Gasteiger partial charge is 0.255 e. The van der Waals surface area contributed by atoms with Crippen molar-refractivity contribution in [2.75, 3.05) is 18.9 Å². The molecule has 4 nitrogen and oxygen atoms in total. The fourth-order valence-electron chi connectivity index (χ4n) is 2.56. The first-order valence-electron chi connectivity index (χ1n) is 8.60.